The maximum atomic E-state index is 12.1. The molecule has 2 rings (SSSR count). The summed E-state index contributed by atoms with van der Waals surface area (Å²) in [7, 11) is -3.75. The van der Waals surface area contributed by atoms with Gasteiger partial charge in [0.1, 0.15) is 4.90 Å². The van der Waals surface area contributed by atoms with E-state index in [2.05, 4.69) is 10.0 Å². The molecule has 0 saturated carbocycles. The van der Waals surface area contributed by atoms with Crippen molar-refractivity contribution in [3.8, 4) is 0 Å². The zero-order chi connectivity index (χ0) is 14.8. The Morgan fingerprint density at radius 1 is 1.50 bits per heavy atom. The summed E-state index contributed by atoms with van der Waals surface area (Å²) in [5.74, 6) is 0.251. The van der Waals surface area contributed by atoms with Crippen molar-refractivity contribution >= 4 is 27.3 Å². The lowest BCUT2D eigenvalue weighted by Crippen LogP contribution is -2.30. The molecule has 1 atom stereocenters. The fourth-order valence-corrected chi connectivity index (χ4v) is 3.67. The highest BCUT2D eigenvalue weighted by Crippen LogP contribution is 2.26. The van der Waals surface area contributed by atoms with Crippen LogP contribution in [-0.2, 0) is 10.0 Å². The van der Waals surface area contributed by atoms with Crippen LogP contribution in [0.3, 0.4) is 0 Å². The van der Waals surface area contributed by atoms with Gasteiger partial charge in [-0.05, 0) is 31.5 Å². The number of nitro benzene ring substituents is 1. The van der Waals surface area contributed by atoms with Crippen molar-refractivity contribution in [3.63, 3.8) is 0 Å². The van der Waals surface area contributed by atoms with Crippen molar-refractivity contribution < 1.29 is 13.3 Å². The Bertz CT molecular complexity index is 614. The van der Waals surface area contributed by atoms with Crippen LogP contribution < -0.4 is 10.0 Å². The summed E-state index contributed by atoms with van der Waals surface area (Å²) in [4.78, 5) is 9.82. The molecule has 0 bridgehead atoms. The second kappa shape index (κ2) is 6.04. The van der Waals surface area contributed by atoms with Gasteiger partial charge < -0.3 is 5.32 Å². The second-order valence-electron chi connectivity index (χ2n) is 4.58. The minimum atomic E-state index is -3.75. The van der Waals surface area contributed by atoms with E-state index in [-0.39, 0.29) is 21.5 Å². The van der Waals surface area contributed by atoms with Crippen LogP contribution in [0.5, 0.6) is 0 Å². The molecule has 7 nitrogen and oxygen atoms in total. The summed E-state index contributed by atoms with van der Waals surface area (Å²) in [6, 6.07) is 3.31. The van der Waals surface area contributed by atoms with Crippen molar-refractivity contribution in [1.29, 1.82) is 0 Å². The van der Waals surface area contributed by atoms with E-state index in [0.717, 1.165) is 37.7 Å². The van der Waals surface area contributed by atoms with E-state index >= 15 is 0 Å². The molecule has 1 aliphatic heterocycles. The summed E-state index contributed by atoms with van der Waals surface area (Å²) < 4.78 is 26.7. The highest BCUT2D eigenvalue weighted by atomic mass is 35.5. The van der Waals surface area contributed by atoms with E-state index in [4.69, 9.17) is 11.6 Å². The number of halogens is 1. The van der Waals surface area contributed by atoms with E-state index in [0.29, 0.717) is 6.54 Å². The molecular weight excluding hydrogens is 306 g/mol. The molecule has 1 saturated heterocycles. The number of nitrogens with one attached hydrogen (secondary N) is 2. The molecule has 1 unspecified atom stereocenters. The van der Waals surface area contributed by atoms with Gasteiger partial charge in [0.2, 0.25) is 10.0 Å². The number of nitro groups is 1. The minimum absolute atomic E-state index is 0.143. The van der Waals surface area contributed by atoms with E-state index in [9.17, 15) is 18.5 Å². The molecule has 0 aromatic heterocycles. The molecule has 9 heteroatoms. The first-order chi connectivity index (χ1) is 9.40. The molecule has 1 aromatic rings. The van der Waals surface area contributed by atoms with Gasteiger partial charge in [-0.3, -0.25) is 10.1 Å². The van der Waals surface area contributed by atoms with Crippen LogP contribution in [0.25, 0.3) is 0 Å². The van der Waals surface area contributed by atoms with Crippen molar-refractivity contribution in [2.24, 2.45) is 5.92 Å². The van der Waals surface area contributed by atoms with Crippen LogP contribution in [0.15, 0.2) is 23.1 Å². The standard InChI is InChI=1S/C11H14ClN3O4S/c12-10-5-9(15(16)17)1-2-11(10)20(18,19)14-7-8-3-4-13-6-8/h1-2,5,8,13-14H,3-4,6-7H2. The van der Waals surface area contributed by atoms with E-state index in [1.54, 1.807) is 0 Å². The highest BCUT2D eigenvalue weighted by Gasteiger charge is 2.22. The van der Waals surface area contributed by atoms with Gasteiger partial charge in [0.15, 0.2) is 0 Å². The zero-order valence-electron chi connectivity index (χ0n) is 10.5. The Morgan fingerprint density at radius 2 is 2.25 bits per heavy atom. The number of benzene rings is 1. The Labute approximate surface area is 121 Å². The van der Waals surface area contributed by atoms with Crippen LogP contribution in [-0.4, -0.2) is 33.0 Å². The first-order valence-electron chi connectivity index (χ1n) is 6.04. The molecule has 1 aliphatic rings. The Balaban J connectivity index is 2.14. The van der Waals surface area contributed by atoms with Crippen molar-refractivity contribution in [1.82, 2.24) is 10.0 Å². The molecule has 110 valence electrons. The number of nitrogens with zero attached hydrogens (tertiary/aromatic N) is 1. The van der Waals surface area contributed by atoms with E-state index < -0.39 is 14.9 Å². The molecule has 1 fully saturated rings. The van der Waals surface area contributed by atoms with Crippen molar-refractivity contribution in [2.75, 3.05) is 19.6 Å². The molecule has 1 heterocycles. The number of rotatable bonds is 5. The largest absolute Gasteiger partial charge is 0.316 e. The summed E-state index contributed by atoms with van der Waals surface area (Å²) >= 11 is 5.82. The lowest BCUT2D eigenvalue weighted by Gasteiger charge is -2.11. The summed E-state index contributed by atoms with van der Waals surface area (Å²) in [6.07, 6.45) is 0.913. The Kier molecular flexibility index (Phi) is 4.59. The third-order valence-corrected chi connectivity index (χ3v) is 5.05. The van der Waals surface area contributed by atoms with Gasteiger partial charge in [0.05, 0.1) is 9.95 Å². The minimum Gasteiger partial charge on any atom is -0.316 e. The van der Waals surface area contributed by atoms with Gasteiger partial charge in [-0.15, -0.1) is 0 Å². The normalized spacial score (nSPS) is 19.1. The van der Waals surface area contributed by atoms with E-state index in [1.165, 1.54) is 0 Å². The average Bonchev–Trinajstić information content (AvgIpc) is 2.89. The molecular formula is C11H14ClN3O4S. The highest BCUT2D eigenvalue weighted by molar-refractivity contribution is 7.89. The van der Waals surface area contributed by atoms with Crippen molar-refractivity contribution in [3.05, 3.63) is 33.3 Å². The fraction of sp³-hybridized carbons (Fsp3) is 0.455. The van der Waals surface area contributed by atoms with Gasteiger partial charge in [-0.2, -0.15) is 0 Å². The lowest BCUT2D eigenvalue weighted by atomic mass is 10.1. The monoisotopic (exact) mass is 319 g/mol. The maximum Gasteiger partial charge on any atom is 0.271 e. The van der Waals surface area contributed by atoms with Crippen LogP contribution in [0.1, 0.15) is 6.42 Å². The van der Waals surface area contributed by atoms with Gasteiger partial charge in [-0.25, -0.2) is 13.1 Å². The summed E-state index contributed by atoms with van der Waals surface area (Å²) in [5.41, 5.74) is -0.242. The third kappa shape index (κ3) is 3.45. The van der Waals surface area contributed by atoms with Gasteiger partial charge in [0, 0.05) is 18.7 Å². The number of hydrogen-bond acceptors (Lipinski definition) is 5. The smallest absolute Gasteiger partial charge is 0.271 e. The summed E-state index contributed by atoms with van der Waals surface area (Å²) in [6.45, 7) is 1.98. The van der Waals surface area contributed by atoms with Gasteiger partial charge in [0.25, 0.3) is 5.69 Å². The first kappa shape index (κ1) is 15.2. The van der Waals surface area contributed by atoms with Crippen LogP contribution in [0, 0.1) is 16.0 Å². The molecule has 1 aromatic carbocycles. The lowest BCUT2D eigenvalue weighted by molar-refractivity contribution is -0.384. The molecule has 2 N–H and O–H groups in total. The predicted molar refractivity (Wildman–Crippen MR) is 74.3 cm³/mol. The average molecular weight is 320 g/mol. The number of sulfonamides is 1. The Hall–Kier alpha value is -1.22. The topological polar surface area (TPSA) is 101 Å². The Morgan fingerprint density at radius 3 is 2.80 bits per heavy atom. The zero-order valence-corrected chi connectivity index (χ0v) is 12.1. The van der Waals surface area contributed by atoms with Crippen LogP contribution in [0.2, 0.25) is 5.02 Å². The van der Waals surface area contributed by atoms with E-state index in [1.807, 2.05) is 0 Å². The second-order valence-corrected chi connectivity index (χ2v) is 6.73. The molecule has 20 heavy (non-hydrogen) atoms. The predicted octanol–water partition coefficient (Wildman–Crippen LogP) is 1.14. The molecule has 0 amide bonds. The molecule has 0 spiro atoms. The number of non-ortho nitro benzene ring substituents is 1. The van der Waals surface area contributed by atoms with Crippen LogP contribution in [0.4, 0.5) is 5.69 Å². The molecule has 0 aliphatic carbocycles. The van der Waals surface area contributed by atoms with Gasteiger partial charge >= 0.3 is 0 Å². The summed E-state index contributed by atoms with van der Waals surface area (Å²) in [5, 5.41) is 13.6. The van der Waals surface area contributed by atoms with Gasteiger partial charge in [-0.1, -0.05) is 11.6 Å². The quantitative estimate of drug-likeness (QED) is 0.626. The first-order valence-corrected chi connectivity index (χ1v) is 7.90. The third-order valence-electron chi connectivity index (χ3n) is 3.14. The SMILES string of the molecule is O=[N+]([O-])c1ccc(S(=O)(=O)NCC2CCNC2)c(Cl)c1. The van der Waals surface area contributed by atoms with Crippen molar-refractivity contribution in [2.45, 2.75) is 11.3 Å². The molecule has 0 radical (unpaired) electrons. The fourth-order valence-electron chi connectivity index (χ4n) is 2.02. The number of hydrogen-bond donors (Lipinski definition) is 2. The maximum absolute atomic E-state index is 12.1. The van der Waals surface area contributed by atoms with Crippen LogP contribution >= 0.6 is 11.6 Å².